The molecule has 0 spiro atoms. The van der Waals surface area contributed by atoms with Gasteiger partial charge in [-0.15, -0.1) is 0 Å². The van der Waals surface area contributed by atoms with Crippen molar-refractivity contribution in [2.45, 2.75) is 58.4 Å². The summed E-state index contributed by atoms with van der Waals surface area (Å²) < 4.78 is 0. The number of unbranched alkanes of at least 4 members (excludes halogenated alkanes) is 1. The number of hydrogen-bond acceptors (Lipinski definition) is 3. The molecule has 0 fully saturated rings. The number of carbonyl (C=O) groups is 3. The molecule has 25 heavy (non-hydrogen) atoms. The highest BCUT2D eigenvalue weighted by atomic mass is 16.4. The molecule has 1 aromatic rings. The van der Waals surface area contributed by atoms with E-state index in [-0.39, 0.29) is 17.9 Å². The number of carboxylic acid groups (broad SMARTS) is 1. The predicted molar refractivity (Wildman–Crippen MR) is 96.6 cm³/mol. The van der Waals surface area contributed by atoms with Gasteiger partial charge in [-0.25, -0.2) is 4.79 Å². The summed E-state index contributed by atoms with van der Waals surface area (Å²) in [6.45, 7) is 7.96. The quantitative estimate of drug-likeness (QED) is 0.672. The van der Waals surface area contributed by atoms with Crippen molar-refractivity contribution >= 4 is 17.8 Å². The molecule has 0 bridgehead atoms. The van der Waals surface area contributed by atoms with Crippen LogP contribution in [0.5, 0.6) is 0 Å². The Labute approximate surface area is 149 Å². The van der Waals surface area contributed by atoms with Crippen LogP contribution in [0.2, 0.25) is 0 Å². The molecule has 138 valence electrons. The van der Waals surface area contributed by atoms with E-state index in [9.17, 15) is 14.4 Å². The van der Waals surface area contributed by atoms with Gasteiger partial charge in [0.1, 0.15) is 6.04 Å². The Hall–Kier alpha value is -2.37. The Kier molecular flexibility index (Phi) is 7.61. The molecule has 0 radical (unpaired) electrons. The molecular weight excluding hydrogens is 320 g/mol. The van der Waals surface area contributed by atoms with Crippen LogP contribution in [0.15, 0.2) is 24.3 Å². The number of hydrogen-bond donors (Lipinski definition) is 3. The zero-order valence-corrected chi connectivity index (χ0v) is 15.4. The lowest BCUT2D eigenvalue weighted by Gasteiger charge is -2.19. The summed E-state index contributed by atoms with van der Waals surface area (Å²) in [7, 11) is 0. The summed E-state index contributed by atoms with van der Waals surface area (Å²) in [5, 5.41) is 14.0. The normalized spacial score (nSPS) is 12.3. The largest absolute Gasteiger partial charge is 0.480 e. The zero-order valence-electron chi connectivity index (χ0n) is 15.4. The van der Waals surface area contributed by atoms with Crippen molar-refractivity contribution in [2.75, 3.05) is 6.54 Å². The fourth-order valence-corrected chi connectivity index (χ4v) is 2.30. The molecule has 0 saturated carbocycles. The van der Waals surface area contributed by atoms with Gasteiger partial charge in [-0.1, -0.05) is 52.7 Å². The summed E-state index contributed by atoms with van der Waals surface area (Å²) in [4.78, 5) is 35.1. The van der Waals surface area contributed by atoms with Gasteiger partial charge in [0.15, 0.2) is 0 Å². The molecule has 0 aliphatic rings. The summed E-state index contributed by atoms with van der Waals surface area (Å²) >= 11 is 0. The molecule has 1 atom stereocenters. The minimum absolute atomic E-state index is 0.000768. The highest BCUT2D eigenvalue weighted by Crippen LogP contribution is 2.22. The first-order valence-electron chi connectivity index (χ1n) is 8.56. The van der Waals surface area contributed by atoms with Gasteiger partial charge in [-0.2, -0.15) is 0 Å². The van der Waals surface area contributed by atoms with Crippen LogP contribution in [0, 0.1) is 0 Å². The molecular formula is C19H28N2O4. The highest BCUT2D eigenvalue weighted by Gasteiger charge is 2.19. The van der Waals surface area contributed by atoms with Crippen LogP contribution < -0.4 is 10.6 Å². The second-order valence-corrected chi connectivity index (χ2v) is 7.11. The molecule has 0 heterocycles. The van der Waals surface area contributed by atoms with Crippen LogP contribution in [-0.4, -0.2) is 35.5 Å². The lowest BCUT2D eigenvalue weighted by Crippen LogP contribution is -2.45. The van der Waals surface area contributed by atoms with Crippen molar-refractivity contribution in [1.29, 1.82) is 0 Å². The van der Waals surface area contributed by atoms with Gasteiger partial charge in [-0.3, -0.25) is 9.59 Å². The summed E-state index contributed by atoms with van der Waals surface area (Å²) in [6, 6.07) is 6.29. The Morgan fingerprint density at radius 2 is 1.72 bits per heavy atom. The fraction of sp³-hybridized carbons (Fsp3) is 0.526. The van der Waals surface area contributed by atoms with E-state index in [2.05, 4.69) is 31.4 Å². The van der Waals surface area contributed by atoms with E-state index in [1.54, 1.807) is 12.1 Å². The molecule has 0 unspecified atom stereocenters. The number of aliphatic carboxylic acids is 1. The van der Waals surface area contributed by atoms with Gasteiger partial charge >= 0.3 is 5.97 Å². The number of carboxylic acids is 1. The topological polar surface area (TPSA) is 95.5 Å². The van der Waals surface area contributed by atoms with E-state index in [1.165, 1.54) is 0 Å². The molecule has 3 N–H and O–H groups in total. The summed E-state index contributed by atoms with van der Waals surface area (Å²) in [5.74, 6) is -1.94. The lowest BCUT2D eigenvalue weighted by atomic mass is 9.87. The molecule has 6 heteroatoms. The van der Waals surface area contributed by atoms with Crippen LogP contribution in [0.3, 0.4) is 0 Å². The van der Waals surface area contributed by atoms with Gasteiger partial charge in [0.25, 0.3) is 5.91 Å². The average molecular weight is 348 g/mol. The fourth-order valence-electron chi connectivity index (χ4n) is 2.30. The van der Waals surface area contributed by atoms with Crippen LogP contribution in [0.1, 0.15) is 62.9 Å². The molecule has 2 amide bonds. The molecule has 0 aliphatic heterocycles. The standard InChI is InChI=1S/C19H28N2O4/c1-5-6-7-15(18(24)25)21-16(22)12-20-17(23)13-8-10-14(11-9-13)19(2,3)4/h8-11,15H,5-7,12H2,1-4H3,(H,20,23)(H,21,22)(H,24,25)/t15-/m0/s1. The molecule has 0 aliphatic carbocycles. The number of nitrogens with one attached hydrogen (secondary N) is 2. The first kappa shape index (κ1) is 20.7. The predicted octanol–water partition coefficient (Wildman–Crippen LogP) is 2.47. The van der Waals surface area contributed by atoms with Gasteiger partial charge in [0.05, 0.1) is 6.54 Å². The van der Waals surface area contributed by atoms with Crippen LogP contribution in [-0.2, 0) is 15.0 Å². The molecule has 0 saturated heterocycles. The van der Waals surface area contributed by atoms with E-state index in [0.29, 0.717) is 18.4 Å². The summed E-state index contributed by atoms with van der Waals surface area (Å²) in [5.41, 5.74) is 1.57. The lowest BCUT2D eigenvalue weighted by molar-refractivity contribution is -0.141. The van der Waals surface area contributed by atoms with Gasteiger partial charge in [0, 0.05) is 5.56 Å². The van der Waals surface area contributed by atoms with Crippen molar-refractivity contribution in [3.05, 3.63) is 35.4 Å². The Balaban J connectivity index is 2.55. The van der Waals surface area contributed by atoms with Crippen molar-refractivity contribution in [1.82, 2.24) is 10.6 Å². The first-order valence-corrected chi connectivity index (χ1v) is 8.56. The van der Waals surface area contributed by atoms with Gasteiger partial charge < -0.3 is 15.7 Å². The number of rotatable bonds is 8. The molecule has 6 nitrogen and oxygen atoms in total. The van der Waals surface area contributed by atoms with Crippen molar-refractivity contribution in [3.63, 3.8) is 0 Å². The van der Waals surface area contributed by atoms with Gasteiger partial charge in [-0.05, 0) is 29.5 Å². The molecule has 1 rings (SSSR count). The maximum atomic E-state index is 12.1. The number of benzene rings is 1. The number of carbonyl (C=O) groups excluding carboxylic acids is 2. The summed E-state index contributed by atoms with van der Waals surface area (Å²) in [6.07, 6.45) is 1.93. The van der Waals surface area contributed by atoms with Crippen molar-refractivity contribution in [3.8, 4) is 0 Å². The van der Waals surface area contributed by atoms with E-state index >= 15 is 0 Å². The van der Waals surface area contributed by atoms with Crippen LogP contribution in [0.4, 0.5) is 0 Å². The van der Waals surface area contributed by atoms with Gasteiger partial charge in [0.2, 0.25) is 5.91 Å². The van der Waals surface area contributed by atoms with Crippen molar-refractivity contribution < 1.29 is 19.5 Å². The number of amides is 2. The average Bonchev–Trinajstić information content (AvgIpc) is 2.55. The molecule has 0 aromatic heterocycles. The van der Waals surface area contributed by atoms with Crippen LogP contribution in [0.25, 0.3) is 0 Å². The van der Waals surface area contributed by atoms with Crippen molar-refractivity contribution in [2.24, 2.45) is 0 Å². The monoisotopic (exact) mass is 348 g/mol. The third-order valence-electron chi connectivity index (χ3n) is 3.90. The Bertz CT molecular complexity index is 603. The van der Waals surface area contributed by atoms with Crippen LogP contribution >= 0.6 is 0 Å². The first-order chi connectivity index (χ1) is 11.6. The smallest absolute Gasteiger partial charge is 0.326 e. The van der Waals surface area contributed by atoms with E-state index in [1.807, 2.05) is 19.1 Å². The maximum Gasteiger partial charge on any atom is 0.326 e. The zero-order chi connectivity index (χ0) is 19.0. The van der Waals surface area contributed by atoms with E-state index in [4.69, 9.17) is 5.11 Å². The second-order valence-electron chi connectivity index (χ2n) is 7.11. The maximum absolute atomic E-state index is 12.1. The van der Waals surface area contributed by atoms with E-state index in [0.717, 1.165) is 12.0 Å². The van der Waals surface area contributed by atoms with E-state index < -0.39 is 17.9 Å². The minimum atomic E-state index is -1.06. The Morgan fingerprint density at radius 3 is 2.20 bits per heavy atom. The Morgan fingerprint density at radius 1 is 1.12 bits per heavy atom. The highest BCUT2D eigenvalue weighted by molar-refractivity contribution is 5.96. The minimum Gasteiger partial charge on any atom is -0.480 e. The second kappa shape index (κ2) is 9.20. The SMILES string of the molecule is CCCC[C@H](NC(=O)CNC(=O)c1ccc(C(C)(C)C)cc1)C(=O)O. The third kappa shape index (κ3) is 6.95. The third-order valence-corrected chi connectivity index (χ3v) is 3.90. The molecule has 1 aromatic carbocycles.